The zero-order valence-corrected chi connectivity index (χ0v) is 21.2. The topological polar surface area (TPSA) is 80.2 Å². The van der Waals surface area contributed by atoms with Crippen molar-refractivity contribution in [2.45, 2.75) is 32.7 Å². The molecule has 1 aromatic carbocycles. The number of nitrogens with one attached hydrogen (secondary N) is 2. The number of pyridine rings is 1. The van der Waals surface area contributed by atoms with Gasteiger partial charge < -0.3 is 29.7 Å². The van der Waals surface area contributed by atoms with Crippen LogP contribution in [0.1, 0.15) is 18.1 Å². The lowest BCUT2D eigenvalue weighted by Crippen LogP contribution is -2.41. The lowest BCUT2D eigenvalue weighted by molar-refractivity contribution is -0.0505. The average Bonchev–Trinajstić information content (AvgIpc) is 2.80. The molecule has 1 saturated heterocycles. The Morgan fingerprint density at radius 1 is 1.27 bits per heavy atom. The average molecular weight is 577 g/mol. The predicted molar refractivity (Wildman–Crippen MR) is 134 cm³/mol. The van der Waals surface area contributed by atoms with Gasteiger partial charge in [-0.3, -0.25) is 4.99 Å². The summed E-state index contributed by atoms with van der Waals surface area (Å²) < 4.78 is 40.7. The van der Waals surface area contributed by atoms with Crippen molar-refractivity contribution in [3.05, 3.63) is 47.7 Å². The van der Waals surface area contributed by atoms with Crippen molar-refractivity contribution in [2.75, 3.05) is 38.8 Å². The molecule has 182 valence electrons. The van der Waals surface area contributed by atoms with Crippen LogP contribution in [-0.4, -0.2) is 57.5 Å². The van der Waals surface area contributed by atoms with Gasteiger partial charge in [-0.15, -0.1) is 24.0 Å². The number of morpholine rings is 1. The van der Waals surface area contributed by atoms with Crippen LogP contribution in [0, 0.1) is 0 Å². The number of anilines is 1. The highest BCUT2D eigenvalue weighted by Crippen LogP contribution is 2.25. The van der Waals surface area contributed by atoms with Crippen molar-refractivity contribution in [3.63, 3.8) is 0 Å². The Morgan fingerprint density at radius 3 is 2.70 bits per heavy atom. The lowest BCUT2D eigenvalue weighted by atomic mass is 10.2. The molecule has 2 N–H and O–H groups in total. The number of ether oxygens (including phenoxy) is 3. The third kappa shape index (κ3) is 8.14. The highest BCUT2D eigenvalue weighted by molar-refractivity contribution is 14.0. The van der Waals surface area contributed by atoms with E-state index in [0.717, 1.165) is 24.5 Å². The molecular weight excluding hydrogens is 547 g/mol. The van der Waals surface area contributed by atoms with Crippen molar-refractivity contribution in [1.29, 1.82) is 0 Å². The van der Waals surface area contributed by atoms with Crippen molar-refractivity contribution >= 4 is 35.8 Å². The molecule has 1 aromatic heterocycles. The Hall–Kier alpha value is -2.41. The molecule has 1 atom stereocenters. The van der Waals surface area contributed by atoms with E-state index in [9.17, 15) is 8.78 Å². The van der Waals surface area contributed by atoms with Crippen molar-refractivity contribution in [2.24, 2.45) is 4.99 Å². The molecule has 1 fully saturated rings. The van der Waals surface area contributed by atoms with Crippen LogP contribution in [0.5, 0.6) is 11.5 Å². The third-order valence-electron chi connectivity index (χ3n) is 4.99. The zero-order valence-electron chi connectivity index (χ0n) is 18.9. The molecule has 33 heavy (non-hydrogen) atoms. The third-order valence-corrected chi connectivity index (χ3v) is 4.99. The second kappa shape index (κ2) is 13.3. The fraction of sp³-hybridized carbons (Fsp3) is 0.455. The zero-order chi connectivity index (χ0) is 22.9. The lowest BCUT2D eigenvalue weighted by Gasteiger charge is -2.32. The summed E-state index contributed by atoms with van der Waals surface area (Å²) in [5.74, 6) is 2.08. The van der Waals surface area contributed by atoms with E-state index in [1.165, 1.54) is 13.2 Å². The number of aromatic nitrogens is 1. The van der Waals surface area contributed by atoms with Gasteiger partial charge in [0.15, 0.2) is 5.96 Å². The molecule has 0 bridgehead atoms. The van der Waals surface area contributed by atoms with E-state index in [0.29, 0.717) is 30.4 Å². The van der Waals surface area contributed by atoms with Gasteiger partial charge in [0.05, 0.1) is 19.8 Å². The van der Waals surface area contributed by atoms with Crippen LogP contribution in [0.3, 0.4) is 0 Å². The van der Waals surface area contributed by atoms with Crippen molar-refractivity contribution in [3.8, 4) is 11.5 Å². The number of alkyl halides is 2. The van der Waals surface area contributed by atoms with Crippen LogP contribution in [0.4, 0.5) is 14.6 Å². The molecule has 2 heterocycles. The van der Waals surface area contributed by atoms with Gasteiger partial charge in [-0.2, -0.15) is 8.78 Å². The molecule has 0 spiro atoms. The first-order valence-corrected chi connectivity index (χ1v) is 10.4. The molecule has 0 radical (unpaired) electrons. The first-order valence-electron chi connectivity index (χ1n) is 10.4. The molecular formula is C22H30F2IN5O3. The molecule has 0 amide bonds. The molecule has 3 rings (SSSR count). The first-order chi connectivity index (χ1) is 15.5. The van der Waals surface area contributed by atoms with Crippen LogP contribution < -0.4 is 25.0 Å². The van der Waals surface area contributed by atoms with Gasteiger partial charge in [-0.1, -0.05) is 6.07 Å². The molecule has 0 aliphatic carbocycles. The number of halogens is 3. The predicted octanol–water partition coefficient (Wildman–Crippen LogP) is 3.40. The second-order valence-corrected chi connectivity index (χ2v) is 7.28. The molecule has 1 aliphatic heterocycles. The number of methoxy groups -OCH3 is 1. The van der Waals surface area contributed by atoms with Crippen LogP contribution in [0.2, 0.25) is 0 Å². The Labute approximate surface area is 209 Å². The minimum atomic E-state index is -2.91. The summed E-state index contributed by atoms with van der Waals surface area (Å²) in [7, 11) is 3.15. The van der Waals surface area contributed by atoms with Gasteiger partial charge in [-0.25, -0.2) is 4.98 Å². The normalized spacial score (nSPS) is 16.2. The molecule has 2 aromatic rings. The quantitative estimate of drug-likeness (QED) is 0.283. The van der Waals surface area contributed by atoms with E-state index in [1.807, 2.05) is 18.3 Å². The fourth-order valence-electron chi connectivity index (χ4n) is 3.35. The maximum atomic E-state index is 12.7. The maximum absolute atomic E-state index is 12.7. The minimum Gasteiger partial charge on any atom is -0.497 e. The molecule has 0 saturated carbocycles. The van der Waals surface area contributed by atoms with Crippen LogP contribution >= 0.6 is 24.0 Å². The van der Waals surface area contributed by atoms with Gasteiger partial charge in [0.2, 0.25) is 0 Å². The van der Waals surface area contributed by atoms with Crippen LogP contribution in [0.15, 0.2) is 41.5 Å². The number of guanidine groups is 1. The summed E-state index contributed by atoms with van der Waals surface area (Å²) in [5.41, 5.74) is 1.51. The summed E-state index contributed by atoms with van der Waals surface area (Å²) in [6.07, 6.45) is 2.02. The van der Waals surface area contributed by atoms with E-state index in [4.69, 9.17) is 9.47 Å². The van der Waals surface area contributed by atoms with Gasteiger partial charge in [0.1, 0.15) is 17.3 Å². The number of hydrogen-bond acceptors (Lipinski definition) is 6. The van der Waals surface area contributed by atoms with E-state index >= 15 is 0 Å². The molecule has 11 heteroatoms. The summed E-state index contributed by atoms with van der Waals surface area (Å²) in [6.45, 7) is 2.23. The fourth-order valence-corrected chi connectivity index (χ4v) is 3.35. The highest BCUT2D eigenvalue weighted by Gasteiger charge is 2.17. The van der Waals surface area contributed by atoms with E-state index in [1.54, 1.807) is 19.2 Å². The van der Waals surface area contributed by atoms with Gasteiger partial charge in [0, 0.05) is 45.0 Å². The minimum absolute atomic E-state index is 0. The Kier molecular flexibility index (Phi) is 10.8. The molecule has 1 unspecified atom stereocenters. The largest absolute Gasteiger partial charge is 0.497 e. The van der Waals surface area contributed by atoms with Gasteiger partial charge >= 0.3 is 6.61 Å². The number of aliphatic imine (C=N–C) groups is 1. The smallest absolute Gasteiger partial charge is 0.387 e. The Morgan fingerprint density at radius 2 is 2.06 bits per heavy atom. The van der Waals surface area contributed by atoms with Crippen LogP contribution in [-0.2, 0) is 17.8 Å². The van der Waals surface area contributed by atoms with Crippen molar-refractivity contribution in [1.82, 2.24) is 15.6 Å². The van der Waals surface area contributed by atoms with E-state index in [-0.39, 0.29) is 42.4 Å². The van der Waals surface area contributed by atoms with Gasteiger partial charge in [-0.05, 0) is 36.8 Å². The van der Waals surface area contributed by atoms with Crippen LogP contribution in [0.25, 0.3) is 0 Å². The highest BCUT2D eigenvalue weighted by atomic mass is 127. The standard InChI is InChI=1S/C22H29F2N5O3.HI/c1-15-14-29(8-9-31-15)20-7-4-16(11-26-20)12-27-22(25-2)28-13-17-10-18(30-3)5-6-19(17)32-21(23)24;/h4-7,10-11,15,21H,8-9,12-14H2,1-3H3,(H2,25,27,28);1H. The molecule has 1 aliphatic rings. The van der Waals surface area contributed by atoms with Crippen molar-refractivity contribution < 1.29 is 23.0 Å². The van der Waals surface area contributed by atoms with Gasteiger partial charge in [0.25, 0.3) is 0 Å². The number of nitrogens with zero attached hydrogens (tertiary/aromatic N) is 3. The summed E-state index contributed by atoms with van der Waals surface area (Å²) >= 11 is 0. The Balaban J connectivity index is 0.00000385. The molecule has 8 nitrogen and oxygen atoms in total. The Bertz CT molecular complexity index is 902. The summed E-state index contributed by atoms with van der Waals surface area (Å²) in [4.78, 5) is 11.0. The van der Waals surface area contributed by atoms with E-state index in [2.05, 4.69) is 37.2 Å². The van der Waals surface area contributed by atoms with E-state index < -0.39 is 6.61 Å². The summed E-state index contributed by atoms with van der Waals surface area (Å²) in [5, 5.41) is 6.30. The number of hydrogen-bond donors (Lipinski definition) is 2. The first kappa shape index (κ1) is 26.8. The second-order valence-electron chi connectivity index (χ2n) is 7.28. The number of rotatable bonds is 8. The number of benzene rings is 1. The summed E-state index contributed by atoms with van der Waals surface area (Å²) in [6, 6.07) is 8.69. The monoisotopic (exact) mass is 577 g/mol. The maximum Gasteiger partial charge on any atom is 0.387 e. The SMILES string of the molecule is CN=C(NCc1ccc(N2CCOC(C)C2)nc1)NCc1cc(OC)ccc1OC(F)F.I.